The molecule has 0 saturated carbocycles. The number of ether oxygens (including phenoxy) is 1. The van der Waals surface area contributed by atoms with Crippen molar-refractivity contribution in [2.24, 2.45) is 0 Å². The summed E-state index contributed by atoms with van der Waals surface area (Å²) < 4.78 is 5.11. The standard InChI is InChI=1S/C22H26N4O8/c1-34-15-5-2-4-13(10-15)20(31)24-16-7-8-18(28)25-9-3-6-17(26(25)22(16)33)21(32)23-14(12-27)11-19(29)30/h2,4-5,10,12,14,16-17H,3,6-9,11H2,1H3,(H,23,32)(H,24,31)(H,29,30). The molecule has 2 heterocycles. The number of carboxylic acid groups (broad SMARTS) is 1. The first-order valence-corrected chi connectivity index (χ1v) is 10.8. The predicted octanol–water partition coefficient (Wildman–Crippen LogP) is -0.520. The number of nitrogens with zero attached hydrogens (tertiary/aromatic N) is 2. The molecule has 0 bridgehead atoms. The number of hydrazine groups is 1. The number of carbonyl (C=O) groups excluding carboxylic acids is 5. The average molecular weight is 474 g/mol. The fourth-order valence-corrected chi connectivity index (χ4v) is 4.01. The van der Waals surface area contributed by atoms with Crippen LogP contribution in [0.2, 0.25) is 0 Å². The number of hydrogen-bond acceptors (Lipinski definition) is 7. The number of methoxy groups -OCH3 is 1. The van der Waals surface area contributed by atoms with Gasteiger partial charge in [0.25, 0.3) is 11.8 Å². The third kappa shape index (κ3) is 5.50. The topological polar surface area (TPSA) is 162 Å². The van der Waals surface area contributed by atoms with E-state index in [0.29, 0.717) is 18.5 Å². The number of benzene rings is 1. The van der Waals surface area contributed by atoms with Crippen molar-refractivity contribution in [1.82, 2.24) is 20.7 Å². The van der Waals surface area contributed by atoms with Crippen LogP contribution in [0.25, 0.3) is 0 Å². The van der Waals surface area contributed by atoms with E-state index in [9.17, 15) is 28.8 Å². The third-order valence-corrected chi connectivity index (χ3v) is 5.69. The van der Waals surface area contributed by atoms with E-state index in [1.807, 2.05) is 0 Å². The molecule has 12 heteroatoms. The molecule has 0 aliphatic carbocycles. The number of hydrogen-bond donors (Lipinski definition) is 3. The Kier molecular flexibility index (Phi) is 7.82. The van der Waals surface area contributed by atoms with Crippen LogP contribution in [0.4, 0.5) is 0 Å². The van der Waals surface area contributed by atoms with Gasteiger partial charge in [-0.2, -0.15) is 0 Å². The lowest BCUT2D eigenvalue weighted by atomic mass is 10.0. The average Bonchev–Trinajstić information content (AvgIpc) is 2.95. The molecule has 3 unspecified atom stereocenters. The van der Waals surface area contributed by atoms with Crippen LogP contribution < -0.4 is 15.4 Å². The summed E-state index contributed by atoms with van der Waals surface area (Å²) in [5, 5.41) is 16.1. The summed E-state index contributed by atoms with van der Waals surface area (Å²) in [5.74, 6) is -3.11. The van der Waals surface area contributed by atoms with Crippen LogP contribution in [0, 0.1) is 0 Å². The van der Waals surface area contributed by atoms with Crippen molar-refractivity contribution in [2.45, 2.75) is 50.2 Å². The molecule has 3 atom stereocenters. The molecule has 0 radical (unpaired) electrons. The van der Waals surface area contributed by atoms with Gasteiger partial charge in [0.05, 0.1) is 19.6 Å². The van der Waals surface area contributed by atoms with E-state index in [-0.39, 0.29) is 37.3 Å². The van der Waals surface area contributed by atoms with Crippen LogP contribution >= 0.6 is 0 Å². The molecule has 1 aromatic rings. The van der Waals surface area contributed by atoms with Crippen molar-refractivity contribution >= 4 is 35.9 Å². The maximum atomic E-state index is 13.4. The molecule has 0 spiro atoms. The Morgan fingerprint density at radius 3 is 2.71 bits per heavy atom. The second kappa shape index (κ2) is 10.8. The van der Waals surface area contributed by atoms with E-state index in [1.54, 1.807) is 18.2 Å². The third-order valence-electron chi connectivity index (χ3n) is 5.69. The van der Waals surface area contributed by atoms with Crippen molar-refractivity contribution in [3.05, 3.63) is 29.8 Å². The Balaban J connectivity index is 1.81. The van der Waals surface area contributed by atoms with Gasteiger partial charge in [-0.3, -0.25) is 29.0 Å². The van der Waals surface area contributed by atoms with Crippen molar-refractivity contribution in [3.63, 3.8) is 0 Å². The summed E-state index contributed by atoms with van der Waals surface area (Å²) in [6.07, 6.45) is 0.354. The molecule has 2 fully saturated rings. The molecule has 4 amide bonds. The summed E-state index contributed by atoms with van der Waals surface area (Å²) >= 11 is 0. The lowest BCUT2D eigenvalue weighted by molar-refractivity contribution is -0.176. The van der Waals surface area contributed by atoms with Crippen LogP contribution in [0.1, 0.15) is 42.5 Å². The highest BCUT2D eigenvalue weighted by Gasteiger charge is 2.44. The van der Waals surface area contributed by atoms with Crippen LogP contribution in [0.3, 0.4) is 0 Å². The highest BCUT2D eigenvalue weighted by molar-refractivity contribution is 6.00. The van der Waals surface area contributed by atoms with Gasteiger partial charge in [0.15, 0.2) is 0 Å². The number of carbonyl (C=O) groups is 6. The molecular weight excluding hydrogens is 448 g/mol. The summed E-state index contributed by atoms with van der Waals surface area (Å²) in [5.41, 5.74) is 0.259. The first kappa shape index (κ1) is 24.7. The number of rotatable bonds is 8. The van der Waals surface area contributed by atoms with Crippen molar-refractivity contribution in [1.29, 1.82) is 0 Å². The smallest absolute Gasteiger partial charge is 0.305 e. The highest BCUT2D eigenvalue weighted by atomic mass is 16.5. The van der Waals surface area contributed by atoms with Gasteiger partial charge in [-0.15, -0.1) is 0 Å². The molecule has 1 aromatic carbocycles. The van der Waals surface area contributed by atoms with E-state index in [1.165, 1.54) is 18.2 Å². The Bertz CT molecular complexity index is 997. The lowest BCUT2D eigenvalue weighted by Crippen LogP contribution is -2.64. The van der Waals surface area contributed by atoms with Crippen LogP contribution in [0.5, 0.6) is 5.75 Å². The zero-order valence-corrected chi connectivity index (χ0v) is 18.6. The molecule has 34 heavy (non-hydrogen) atoms. The van der Waals surface area contributed by atoms with Gasteiger partial charge in [-0.05, 0) is 37.5 Å². The Morgan fingerprint density at radius 2 is 2.03 bits per heavy atom. The quantitative estimate of drug-likeness (QED) is 0.424. The molecule has 2 aliphatic rings. The largest absolute Gasteiger partial charge is 0.497 e. The molecule has 3 N–H and O–H groups in total. The van der Waals surface area contributed by atoms with Gasteiger partial charge in [-0.25, -0.2) is 5.01 Å². The minimum absolute atomic E-state index is 0.0182. The number of carboxylic acids is 1. The maximum absolute atomic E-state index is 13.4. The maximum Gasteiger partial charge on any atom is 0.305 e. The van der Waals surface area contributed by atoms with E-state index < -0.39 is 48.2 Å². The molecule has 2 saturated heterocycles. The summed E-state index contributed by atoms with van der Waals surface area (Å²) in [6, 6.07) is 2.87. The number of amides is 4. The first-order chi connectivity index (χ1) is 16.2. The number of aldehydes is 1. The normalized spacial score (nSPS) is 21.1. The minimum Gasteiger partial charge on any atom is -0.497 e. The van der Waals surface area contributed by atoms with Gasteiger partial charge >= 0.3 is 5.97 Å². The fraction of sp³-hybridized carbons (Fsp3) is 0.455. The van der Waals surface area contributed by atoms with E-state index in [0.717, 1.165) is 5.01 Å². The van der Waals surface area contributed by atoms with Gasteiger partial charge in [0.2, 0.25) is 11.8 Å². The summed E-state index contributed by atoms with van der Waals surface area (Å²) in [6.45, 7) is 0.219. The molecular formula is C22H26N4O8. The molecule has 182 valence electrons. The van der Waals surface area contributed by atoms with Gasteiger partial charge in [0.1, 0.15) is 24.1 Å². The second-order valence-corrected chi connectivity index (χ2v) is 8.00. The Hall–Kier alpha value is -3.96. The Labute approximate surface area is 195 Å². The SMILES string of the molecule is COc1cccc(C(=O)NC2CCC(=O)N3CCCC(C(=O)NC(C=O)CC(=O)O)N3C2=O)c1. The molecule has 2 aliphatic heterocycles. The van der Waals surface area contributed by atoms with E-state index in [4.69, 9.17) is 9.84 Å². The predicted molar refractivity (Wildman–Crippen MR) is 115 cm³/mol. The van der Waals surface area contributed by atoms with Crippen molar-refractivity contribution in [2.75, 3.05) is 13.7 Å². The first-order valence-electron chi connectivity index (χ1n) is 10.8. The van der Waals surface area contributed by atoms with E-state index in [2.05, 4.69) is 10.6 Å². The van der Waals surface area contributed by atoms with Gasteiger partial charge in [0, 0.05) is 18.5 Å². The summed E-state index contributed by atoms with van der Waals surface area (Å²) in [7, 11) is 1.46. The van der Waals surface area contributed by atoms with Crippen molar-refractivity contribution < 1.29 is 38.6 Å². The molecule has 3 rings (SSSR count). The number of nitrogens with one attached hydrogen (secondary N) is 2. The lowest BCUT2D eigenvalue weighted by Gasteiger charge is -2.43. The van der Waals surface area contributed by atoms with E-state index >= 15 is 0 Å². The van der Waals surface area contributed by atoms with Crippen LogP contribution in [-0.2, 0) is 24.0 Å². The zero-order chi connectivity index (χ0) is 24.8. The number of aliphatic carboxylic acids is 1. The highest BCUT2D eigenvalue weighted by Crippen LogP contribution is 2.25. The molecule has 0 aromatic heterocycles. The van der Waals surface area contributed by atoms with Crippen molar-refractivity contribution in [3.8, 4) is 5.75 Å². The summed E-state index contributed by atoms with van der Waals surface area (Å²) in [4.78, 5) is 73.9. The van der Waals surface area contributed by atoms with Crippen LogP contribution in [-0.4, -0.2) is 82.8 Å². The van der Waals surface area contributed by atoms with Crippen LogP contribution in [0.15, 0.2) is 24.3 Å². The number of fused-ring (bicyclic) bond motifs is 1. The van der Waals surface area contributed by atoms with Gasteiger partial charge < -0.3 is 25.3 Å². The fourth-order valence-electron chi connectivity index (χ4n) is 4.01. The van der Waals surface area contributed by atoms with Gasteiger partial charge in [-0.1, -0.05) is 6.07 Å². The minimum atomic E-state index is -1.28. The zero-order valence-electron chi connectivity index (χ0n) is 18.6. The second-order valence-electron chi connectivity index (χ2n) is 8.00. The molecule has 12 nitrogen and oxygen atoms in total. The monoisotopic (exact) mass is 474 g/mol. The Morgan fingerprint density at radius 1 is 1.26 bits per heavy atom.